The molecule has 3 aromatic rings. The van der Waals surface area contributed by atoms with Gasteiger partial charge in [-0.15, -0.1) is 11.3 Å². The minimum absolute atomic E-state index is 0.291. The molecule has 0 spiro atoms. The van der Waals surface area contributed by atoms with Crippen LogP contribution in [0.3, 0.4) is 0 Å². The van der Waals surface area contributed by atoms with Gasteiger partial charge in [0.1, 0.15) is 12.4 Å². The van der Waals surface area contributed by atoms with Crippen LogP contribution >= 0.6 is 22.9 Å². The number of nitrogens with zero attached hydrogens (tertiary/aromatic N) is 1. The predicted molar refractivity (Wildman–Crippen MR) is 98.5 cm³/mol. The van der Waals surface area contributed by atoms with Gasteiger partial charge in [-0.05, 0) is 36.4 Å². The zero-order chi connectivity index (χ0) is 17.4. The summed E-state index contributed by atoms with van der Waals surface area (Å²) >= 11 is 7.75. The van der Waals surface area contributed by atoms with Crippen LogP contribution in [0.25, 0.3) is 10.1 Å². The SMILES string of the molecule is COC(=O)C1=CCOc2c(sc3ccc(Cl)cc23)C1c1ccccn1. The highest BCUT2D eigenvalue weighted by Gasteiger charge is 2.33. The molecule has 1 aliphatic heterocycles. The molecule has 0 fully saturated rings. The maximum absolute atomic E-state index is 12.4. The number of rotatable bonds is 2. The average Bonchev–Trinajstić information content (AvgIpc) is 2.87. The van der Waals surface area contributed by atoms with E-state index in [0.717, 1.165) is 26.4 Å². The number of ether oxygens (including phenoxy) is 2. The Bertz CT molecular complexity index is 981. The lowest BCUT2D eigenvalue weighted by molar-refractivity contribution is -0.136. The summed E-state index contributed by atoms with van der Waals surface area (Å²) in [6.45, 7) is 0.291. The molecule has 4 rings (SSSR count). The number of carbonyl (C=O) groups excluding carboxylic acids is 1. The summed E-state index contributed by atoms with van der Waals surface area (Å²) < 4.78 is 12.0. The number of pyridine rings is 1. The molecular weight excluding hydrogens is 358 g/mol. The summed E-state index contributed by atoms with van der Waals surface area (Å²) in [5.74, 6) is 0.0539. The third-order valence-corrected chi connectivity index (χ3v) is 5.59. The first-order valence-electron chi connectivity index (χ1n) is 7.73. The zero-order valence-electron chi connectivity index (χ0n) is 13.4. The first kappa shape index (κ1) is 16.1. The largest absolute Gasteiger partial charge is 0.488 e. The van der Waals surface area contributed by atoms with Crippen LogP contribution in [0.1, 0.15) is 16.5 Å². The number of benzene rings is 1. The number of aromatic nitrogens is 1. The summed E-state index contributed by atoms with van der Waals surface area (Å²) in [6.07, 6.45) is 3.49. The van der Waals surface area contributed by atoms with Gasteiger partial charge in [-0.2, -0.15) is 0 Å². The highest BCUT2D eigenvalue weighted by atomic mass is 35.5. The van der Waals surface area contributed by atoms with Crippen LogP contribution in [-0.4, -0.2) is 24.7 Å². The van der Waals surface area contributed by atoms with Gasteiger partial charge in [0.2, 0.25) is 0 Å². The highest BCUT2D eigenvalue weighted by Crippen LogP contribution is 2.48. The van der Waals surface area contributed by atoms with Crippen molar-refractivity contribution in [3.05, 3.63) is 69.8 Å². The van der Waals surface area contributed by atoms with Gasteiger partial charge < -0.3 is 9.47 Å². The Morgan fingerprint density at radius 1 is 1.36 bits per heavy atom. The van der Waals surface area contributed by atoms with Crippen LogP contribution in [0.2, 0.25) is 5.02 Å². The zero-order valence-corrected chi connectivity index (χ0v) is 14.9. The van der Waals surface area contributed by atoms with Gasteiger partial charge in [0.25, 0.3) is 0 Å². The Labute approximate surface area is 153 Å². The second-order valence-electron chi connectivity index (χ2n) is 5.59. The lowest BCUT2D eigenvalue weighted by Gasteiger charge is -2.16. The maximum atomic E-state index is 12.4. The molecule has 1 aromatic carbocycles. The van der Waals surface area contributed by atoms with E-state index in [1.54, 1.807) is 23.6 Å². The van der Waals surface area contributed by atoms with E-state index < -0.39 is 0 Å². The molecule has 0 saturated carbocycles. The van der Waals surface area contributed by atoms with E-state index in [4.69, 9.17) is 21.1 Å². The minimum atomic E-state index is -0.373. The molecule has 0 N–H and O–H groups in total. The first-order chi connectivity index (χ1) is 12.2. The van der Waals surface area contributed by atoms with Crippen LogP contribution in [0.4, 0.5) is 0 Å². The third-order valence-electron chi connectivity index (χ3n) is 4.14. The van der Waals surface area contributed by atoms with Gasteiger partial charge in [-0.25, -0.2) is 4.79 Å². The molecule has 126 valence electrons. The molecule has 0 aliphatic carbocycles. The van der Waals surface area contributed by atoms with Gasteiger partial charge in [-0.3, -0.25) is 4.98 Å². The van der Waals surface area contributed by atoms with Crippen molar-refractivity contribution in [3.8, 4) is 5.75 Å². The Morgan fingerprint density at radius 3 is 3.00 bits per heavy atom. The number of methoxy groups -OCH3 is 1. The first-order valence-corrected chi connectivity index (χ1v) is 8.92. The summed E-state index contributed by atoms with van der Waals surface area (Å²) in [5.41, 5.74) is 1.32. The van der Waals surface area contributed by atoms with Crippen molar-refractivity contribution in [2.45, 2.75) is 5.92 Å². The molecule has 1 aliphatic rings. The second kappa shape index (κ2) is 6.50. The smallest absolute Gasteiger partial charge is 0.334 e. The monoisotopic (exact) mass is 371 g/mol. The Kier molecular flexibility index (Phi) is 4.19. The van der Waals surface area contributed by atoms with E-state index in [0.29, 0.717) is 17.2 Å². The van der Waals surface area contributed by atoms with E-state index in [9.17, 15) is 4.79 Å². The fourth-order valence-electron chi connectivity index (χ4n) is 3.04. The number of fused-ring (bicyclic) bond motifs is 3. The van der Waals surface area contributed by atoms with Crippen LogP contribution in [0.5, 0.6) is 5.75 Å². The van der Waals surface area contributed by atoms with E-state index in [1.807, 2.05) is 36.4 Å². The molecule has 3 heterocycles. The number of esters is 1. The third kappa shape index (κ3) is 2.79. The molecule has 1 atom stereocenters. The van der Waals surface area contributed by atoms with Crippen LogP contribution in [-0.2, 0) is 9.53 Å². The van der Waals surface area contributed by atoms with Gasteiger partial charge in [0.05, 0.1) is 29.2 Å². The van der Waals surface area contributed by atoms with Crippen molar-refractivity contribution in [2.75, 3.05) is 13.7 Å². The van der Waals surface area contributed by atoms with Gasteiger partial charge in [0, 0.05) is 21.3 Å². The molecule has 25 heavy (non-hydrogen) atoms. The summed E-state index contributed by atoms with van der Waals surface area (Å²) in [7, 11) is 1.38. The number of halogens is 1. The predicted octanol–water partition coefficient (Wildman–Crippen LogP) is 4.57. The van der Waals surface area contributed by atoms with Crippen molar-refractivity contribution in [2.24, 2.45) is 0 Å². The van der Waals surface area contributed by atoms with Crippen LogP contribution in [0.15, 0.2) is 54.2 Å². The minimum Gasteiger partial charge on any atom is -0.488 e. The lowest BCUT2D eigenvalue weighted by atomic mass is 9.92. The quantitative estimate of drug-likeness (QED) is 0.619. The summed E-state index contributed by atoms with van der Waals surface area (Å²) in [4.78, 5) is 17.8. The van der Waals surface area contributed by atoms with E-state index in [-0.39, 0.29) is 11.9 Å². The van der Waals surface area contributed by atoms with Gasteiger partial charge >= 0.3 is 5.97 Å². The highest BCUT2D eigenvalue weighted by molar-refractivity contribution is 7.19. The van der Waals surface area contributed by atoms with Crippen molar-refractivity contribution in [3.63, 3.8) is 0 Å². The number of hydrogen-bond acceptors (Lipinski definition) is 5. The topological polar surface area (TPSA) is 48.4 Å². The number of thiophene rings is 1. The normalized spacial score (nSPS) is 16.6. The Balaban J connectivity index is 1.98. The average molecular weight is 372 g/mol. The summed E-state index contributed by atoms with van der Waals surface area (Å²) in [6, 6.07) is 11.4. The van der Waals surface area contributed by atoms with E-state index in [2.05, 4.69) is 4.98 Å². The van der Waals surface area contributed by atoms with Gasteiger partial charge in [0.15, 0.2) is 0 Å². The molecule has 4 nitrogen and oxygen atoms in total. The van der Waals surface area contributed by atoms with Crippen molar-refractivity contribution in [1.29, 1.82) is 0 Å². The fraction of sp³-hybridized carbons (Fsp3) is 0.158. The molecule has 2 aromatic heterocycles. The van der Waals surface area contributed by atoms with E-state index in [1.165, 1.54) is 7.11 Å². The maximum Gasteiger partial charge on any atom is 0.334 e. The van der Waals surface area contributed by atoms with Crippen LogP contribution in [0, 0.1) is 0 Å². The molecule has 0 bridgehead atoms. The van der Waals surface area contributed by atoms with E-state index >= 15 is 0 Å². The lowest BCUT2D eigenvalue weighted by Crippen LogP contribution is -2.14. The standard InChI is InChI=1S/C19H14ClNO3S/c1-23-19(22)12-7-9-24-17-13-10-11(20)5-6-15(13)25-18(17)16(12)14-4-2-3-8-21-14/h2-8,10,16H,9H2,1H3. The molecular formula is C19H14ClNO3S. The number of hydrogen-bond donors (Lipinski definition) is 0. The molecule has 6 heteroatoms. The van der Waals surface area contributed by atoms with Crippen molar-refractivity contribution >= 4 is 39.0 Å². The Morgan fingerprint density at radius 2 is 2.24 bits per heavy atom. The Hall–Kier alpha value is -2.37. The molecule has 0 radical (unpaired) electrons. The van der Waals surface area contributed by atoms with Crippen molar-refractivity contribution < 1.29 is 14.3 Å². The van der Waals surface area contributed by atoms with Crippen molar-refractivity contribution in [1.82, 2.24) is 4.98 Å². The van der Waals surface area contributed by atoms with Gasteiger partial charge in [-0.1, -0.05) is 17.7 Å². The second-order valence-corrected chi connectivity index (χ2v) is 7.11. The molecule has 0 amide bonds. The molecule has 0 saturated heterocycles. The van der Waals surface area contributed by atoms with Crippen LogP contribution < -0.4 is 4.74 Å². The number of carbonyl (C=O) groups is 1. The fourth-order valence-corrected chi connectivity index (χ4v) is 4.47. The molecule has 1 unspecified atom stereocenters. The summed E-state index contributed by atoms with van der Waals surface area (Å²) in [5, 5.41) is 1.60.